The van der Waals surface area contributed by atoms with Gasteiger partial charge in [-0.25, -0.2) is 0 Å². The molecule has 0 saturated carbocycles. The Morgan fingerprint density at radius 3 is 2.40 bits per heavy atom. The van der Waals surface area contributed by atoms with Gasteiger partial charge in [0.25, 0.3) is 0 Å². The van der Waals surface area contributed by atoms with Crippen molar-refractivity contribution in [3.63, 3.8) is 0 Å². The molecule has 0 aliphatic heterocycles. The molecule has 0 aliphatic carbocycles. The van der Waals surface area contributed by atoms with Gasteiger partial charge in [-0.2, -0.15) is 0 Å². The second-order valence-electron chi connectivity index (χ2n) is 4.19. The van der Waals surface area contributed by atoms with Crippen LogP contribution in [0.2, 0.25) is 10.0 Å². The standard InChI is InChI=1S/C15H13Cl2NOS/c1-10(20-14-5-3-2-4-13(14)17)15(19)18-12-8-6-11(16)7-9-12/h2-10H,1H3,(H,18,19)/t10-/m0/s1. The average Bonchev–Trinajstić information content (AvgIpc) is 2.44. The first-order valence-corrected chi connectivity index (χ1v) is 7.67. The molecule has 0 heterocycles. The molecule has 0 fully saturated rings. The van der Waals surface area contributed by atoms with Crippen molar-refractivity contribution in [2.45, 2.75) is 17.1 Å². The fraction of sp³-hybridized carbons (Fsp3) is 0.133. The van der Waals surface area contributed by atoms with Crippen molar-refractivity contribution < 1.29 is 4.79 Å². The number of hydrogen-bond donors (Lipinski definition) is 1. The Kier molecular flexibility index (Phi) is 5.35. The molecule has 1 atom stereocenters. The molecular weight excluding hydrogens is 313 g/mol. The number of nitrogens with one attached hydrogen (secondary N) is 1. The third-order valence-corrected chi connectivity index (χ3v) is 4.49. The molecule has 0 radical (unpaired) electrons. The molecule has 0 saturated heterocycles. The number of benzene rings is 2. The van der Waals surface area contributed by atoms with Gasteiger partial charge in [-0.05, 0) is 43.3 Å². The zero-order valence-electron chi connectivity index (χ0n) is 10.8. The summed E-state index contributed by atoms with van der Waals surface area (Å²) in [6, 6.07) is 14.5. The molecule has 0 bridgehead atoms. The predicted molar refractivity (Wildman–Crippen MR) is 86.9 cm³/mol. The van der Waals surface area contributed by atoms with Gasteiger partial charge >= 0.3 is 0 Å². The van der Waals surface area contributed by atoms with Crippen LogP contribution in [0.3, 0.4) is 0 Å². The number of halogens is 2. The van der Waals surface area contributed by atoms with E-state index < -0.39 is 0 Å². The van der Waals surface area contributed by atoms with Gasteiger partial charge in [0.1, 0.15) is 0 Å². The Balaban J connectivity index is 1.99. The van der Waals surface area contributed by atoms with E-state index in [2.05, 4.69) is 5.32 Å². The van der Waals surface area contributed by atoms with Crippen LogP contribution in [0.4, 0.5) is 5.69 Å². The highest BCUT2D eigenvalue weighted by molar-refractivity contribution is 8.00. The molecule has 0 spiro atoms. The van der Waals surface area contributed by atoms with Gasteiger partial charge < -0.3 is 5.32 Å². The van der Waals surface area contributed by atoms with Crippen molar-refractivity contribution in [3.05, 3.63) is 58.6 Å². The minimum atomic E-state index is -0.245. The van der Waals surface area contributed by atoms with Crippen LogP contribution in [0.15, 0.2) is 53.4 Å². The van der Waals surface area contributed by atoms with Gasteiger partial charge in [0.05, 0.1) is 10.3 Å². The summed E-state index contributed by atoms with van der Waals surface area (Å²) in [5, 5.41) is 3.90. The summed E-state index contributed by atoms with van der Waals surface area (Å²) in [5.74, 6) is -0.0720. The molecule has 0 aromatic heterocycles. The highest BCUT2D eigenvalue weighted by Crippen LogP contribution is 2.30. The van der Waals surface area contributed by atoms with Crippen molar-refractivity contribution in [2.75, 3.05) is 5.32 Å². The van der Waals surface area contributed by atoms with Crippen LogP contribution in [0.25, 0.3) is 0 Å². The second-order valence-corrected chi connectivity index (χ2v) is 6.41. The number of amides is 1. The molecule has 0 aliphatic rings. The number of carbonyl (C=O) groups excluding carboxylic acids is 1. The lowest BCUT2D eigenvalue weighted by molar-refractivity contribution is -0.115. The lowest BCUT2D eigenvalue weighted by Gasteiger charge is -2.12. The van der Waals surface area contributed by atoms with Crippen molar-refractivity contribution >= 4 is 46.6 Å². The van der Waals surface area contributed by atoms with Crippen LogP contribution in [-0.2, 0) is 4.79 Å². The van der Waals surface area contributed by atoms with E-state index >= 15 is 0 Å². The highest BCUT2D eigenvalue weighted by Gasteiger charge is 2.15. The van der Waals surface area contributed by atoms with E-state index in [-0.39, 0.29) is 11.2 Å². The zero-order chi connectivity index (χ0) is 14.5. The van der Waals surface area contributed by atoms with E-state index in [1.165, 1.54) is 11.8 Å². The highest BCUT2D eigenvalue weighted by atomic mass is 35.5. The quantitative estimate of drug-likeness (QED) is 0.791. The molecule has 20 heavy (non-hydrogen) atoms. The Labute approximate surface area is 132 Å². The van der Waals surface area contributed by atoms with Crippen molar-refractivity contribution in [1.29, 1.82) is 0 Å². The maximum Gasteiger partial charge on any atom is 0.237 e. The molecule has 1 amide bonds. The van der Waals surface area contributed by atoms with E-state index in [0.717, 1.165) is 10.6 Å². The molecule has 2 aromatic carbocycles. The topological polar surface area (TPSA) is 29.1 Å². The van der Waals surface area contributed by atoms with Gasteiger partial charge in [0.2, 0.25) is 5.91 Å². The first-order chi connectivity index (χ1) is 9.56. The van der Waals surface area contributed by atoms with Crippen LogP contribution < -0.4 is 5.32 Å². The van der Waals surface area contributed by atoms with Gasteiger partial charge in [0, 0.05) is 15.6 Å². The van der Waals surface area contributed by atoms with E-state index in [0.29, 0.717) is 10.0 Å². The number of thioether (sulfide) groups is 1. The summed E-state index contributed by atoms with van der Waals surface area (Å²) in [4.78, 5) is 13.0. The van der Waals surface area contributed by atoms with Gasteiger partial charge in [-0.3, -0.25) is 4.79 Å². The third-order valence-electron chi connectivity index (χ3n) is 2.62. The minimum absolute atomic E-state index is 0.0720. The molecule has 2 nitrogen and oxygen atoms in total. The molecule has 104 valence electrons. The largest absolute Gasteiger partial charge is 0.325 e. The summed E-state index contributed by atoms with van der Waals surface area (Å²) >= 11 is 13.3. The van der Waals surface area contributed by atoms with Crippen LogP contribution >= 0.6 is 35.0 Å². The zero-order valence-corrected chi connectivity index (χ0v) is 13.1. The molecule has 0 unspecified atom stereocenters. The first kappa shape index (κ1) is 15.2. The summed E-state index contributed by atoms with van der Waals surface area (Å²) in [6.45, 7) is 1.85. The molecule has 2 aromatic rings. The summed E-state index contributed by atoms with van der Waals surface area (Å²) in [6.07, 6.45) is 0. The minimum Gasteiger partial charge on any atom is -0.325 e. The predicted octanol–water partition coefficient (Wildman–Crippen LogP) is 5.11. The fourth-order valence-electron chi connectivity index (χ4n) is 1.56. The van der Waals surface area contributed by atoms with E-state index in [1.807, 2.05) is 31.2 Å². The van der Waals surface area contributed by atoms with Gasteiger partial charge in [-0.1, -0.05) is 35.3 Å². The van der Waals surface area contributed by atoms with Crippen LogP contribution in [0, 0.1) is 0 Å². The van der Waals surface area contributed by atoms with Crippen molar-refractivity contribution in [2.24, 2.45) is 0 Å². The molecule has 1 N–H and O–H groups in total. The van der Waals surface area contributed by atoms with E-state index in [9.17, 15) is 4.79 Å². The molecule has 2 rings (SSSR count). The number of hydrogen-bond acceptors (Lipinski definition) is 2. The summed E-state index contributed by atoms with van der Waals surface area (Å²) in [7, 11) is 0. The first-order valence-electron chi connectivity index (χ1n) is 6.04. The van der Waals surface area contributed by atoms with Gasteiger partial charge in [-0.15, -0.1) is 11.8 Å². The number of carbonyl (C=O) groups is 1. The summed E-state index contributed by atoms with van der Waals surface area (Å²) < 4.78 is 0. The maximum absolute atomic E-state index is 12.1. The SMILES string of the molecule is C[C@H](Sc1ccccc1Cl)C(=O)Nc1ccc(Cl)cc1. The van der Waals surface area contributed by atoms with Crippen LogP contribution in [-0.4, -0.2) is 11.2 Å². The lowest BCUT2D eigenvalue weighted by atomic mass is 10.3. The maximum atomic E-state index is 12.1. The second kappa shape index (κ2) is 7.02. The van der Waals surface area contributed by atoms with E-state index in [1.54, 1.807) is 24.3 Å². The molecular formula is C15H13Cl2NOS. The fourth-order valence-corrected chi connectivity index (χ4v) is 2.84. The lowest BCUT2D eigenvalue weighted by Crippen LogP contribution is -2.22. The van der Waals surface area contributed by atoms with Gasteiger partial charge in [0.15, 0.2) is 0 Å². The van der Waals surface area contributed by atoms with Crippen LogP contribution in [0.5, 0.6) is 0 Å². The van der Waals surface area contributed by atoms with Crippen molar-refractivity contribution in [3.8, 4) is 0 Å². The third kappa shape index (κ3) is 4.17. The monoisotopic (exact) mass is 325 g/mol. The smallest absolute Gasteiger partial charge is 0.237 e. The Morgan fingerprint density at radius 2 is 1.75 bits per heavy atom. The Morgan fingerprint density at radius 1 is 1.10 bits per heavy atom. The molecule has 5 heteroatoms. The van der Waals surface area contributed by atoms with E-state index in [4.69, 9.17) is 23.2 Å². The van der Waals surface area contributed by atoms with Crippen LogP contribution in [0.1, 0.15) is 6.92 Å². The number of anilines is 1. The normalized spacial score (nSPS) is 11.9. The summed E-state index contributed by atoms with van der Waals surface area (Å²) in [5.41, 5.74) is 0.728. The Bertz CT molecular complexity index is 601. The average molecular weight is 326 g/mol. The Hall–Kier alpha value is -1.16. The number of rotatable bonds is 4. The van der Waals surface area contributed by atoms with Crippen molar-refractivity contribution in [1.82, 2.24) is 0 Å².